The van der Waals surface area contributed by atoms with Crippen LogP contribution in [0.4, 0.5) is 0 Å². The summed E-state index contributed by atoms with van der Waals surface area (Å²) >= 11 is 0. The third-order valence-electron chi connectivity index (χ3n) is 4.84. The van der Waals surface area contributed by atoms with Gasteiger partial charge in [-0.2, -0.15) is 5.10 Å². The zero-order valence-corrected chi connectivity index (χ0v) is 15.4. The first-order valence-corrected chi connectivity index (χ1v) is 9.06. The molecule has 0 N–H and O–H groups in total. The van der Waals surface area contributed by atoms with Crippen LogP contribution in [0.3, 0.4) is 0 Å². The fourth-order valence-corrected chi connectivity index (χ4v) is 3.43. The molecule has 3 rings (SSSR count). The van der Waals surface area contributed by atoms with Gasteiger partial charge in [0.25, 0.3) is 5.91 Å². The largest absolute Gasteiger partial charge is 0.338 e. The van der Waals surface area contributed by atoms with Gasteiger partial charge in [-0.05, 0) is 44.6 Å². The molecule has 1 aliphatic heterocycles. The number of hydrogen-bond donors (Lipinski definition) is 0. The van der Waals surface area contributed by atoms with Crippen molar-refractivity contribution in [2.45, 2.75) is 59.4 Å². The fraction of sp³-hybridized carbons (Fsp3) is 0.632. The third-order valence-corrected chi connectivity index (χ3v) is 4.84. The van der Waals surface area contributed by atoms with Crippen molar-refractivity contribution in [3.63, 3.8) is 0 Å². The highest BCUT2D eigenvalue weighted by molar-refractivity contribution is 6.05. The second-order valence-corrected chi connectivity index (χ2v) is 7.67. The Kier molecular flexibility index (Phi) is 4.61. The quantitative estimate of drug-likeness (QED) is 0.855. The molecule has 1 atom stereocenters. The molecule has 3 heterocycles. The summed E-state index contributed by atoms with van der Waals surface area (Å²) in [5.41, 5.74) is 2.53. The molecule has 24 heavy (non-hydrogen) atoms. The lowest BCUT2D eigenvalue weighted by atomic mass is 9.98. The van der Waals surface area contributed by atoms with E-state index in [9.17, 15) is 4.79 Å². The summed E-state index contributed by atoms with van der Waals surface area (Å²) in [6, 6.07) is 2.19. The molecular formula is C19H28N4O. The minimum Gasteiger partial charge on any atom is -0.338 e. The molecule has 0 bridgehead atoms. The molecule has 1 aliphatic rings. The van der Waals surface area contributed by atoms with E-state index in [1.165, 1.54) is 6.42 Å². The highest BCUT2D eigenvalue weighted by atomic mass is 16.2. The third kappa shape index (κ3) is 3.04. The lowest BCUT2D eigenvalue weighted by Crippen LogP contribution is -2.39. The molecule has 2 aromatic heterocycles. The number of amides is 1. The topological polar surface area (TPSA) is 51.0 Å². The van der Waals surface area contributed by atoms with Gasteiger partial charge in [0.2, 0.25) is 0 Å². The minimum absolute atomic E-state index is 0.124. The average Bonchev–Trinajstić information content (AvgIpc) is 2.97. The van der Waals surface area contributed by atoms with Gasteiger partial charge in [0, 0.05) is 24.8 Å². The molecule has 0 radical (unpaired) electrons. The van der Waals surface area contributed by atoms with Gasteiger partial charge < -0.3 is 4.90 Å². The Bertz CT molecular complexity index is 747. The smallest absolute Gasteiger partial charge is 0.254 e. The van der Waals surface area contributed by atoms with Crippen LogP contribution >= 0.6 is 0 Å². The van der Waals surface area contributed by atoms with E-state index in [1.807, 2.05) is 15.6 Å². The van der Waals surface area contributed by atoms with E-state index in [4.69, 9.17) is 4.98 Å². The zero-order chi connectivity index (χ0) is 17.4. The van der Waals surface area contributed by atoms with E-state index in [1.54, 1.807) is 6.20 Å². The van der Waals surface area contributed by atoms with Crippen LogP contribution in [0.2, 0.25) is 0 Å². The molecule has 1 fully saturated rings. The van der Waals surface area contributed by atoms with Gasteiger partial charge in [0.15, 0.2) is 5.65 Å². The SMILES string of the molecule is CC1CCCN(C(=O)c2cc(C(C)C)nc3c2cnn3C(C)C)C1. The number of piperidine rings is 1. The van der Waals surface area contributed by atoms with Gasteiger partial charge in [0.1, 0.15) is 0 Å². The summed E-state index contributed by atoms with van der Waals surface area (Å²) in [7, 11) is 0. The highest BCUT2D eigenvalue weighted by Gasteiger charge is 2.25. The first-order chi connectivity index (χ1) is 11.4. The Morgan fingerprint density at radius 3 is 2.67 bits per heavy atom. The number of nitrogens with zero attached hydrogens (tertiary/aromatic N) is 4. The van der Waals surface area contributed by atoms with Crippen LogP contribution in [0.15, 0.2) is 12.3 Å². The van der Waals surface area contributed by atoms with Crippen LogP contribution in [0.5, 0.6) is 0 Å². The lowest BCUT2D eigenvalue weighted by Gasteiger charge is -2.31. The molecule has 2 aromatic rings. The number of hydrogen-bond acceptors (Lipinski definition) is 3. The molecule has 5 heteroatoms. The highest BCUT2D eigenvalue weighted by Crippen LogP contribution is 2.27. The first-order valence-electron chi connectivity index (χ1n) is 9.06. The van der Waals surface area contributed by atoms with E-state index < -0.39 is 0 Å². The monoisotopic (exact) mass is 328 g/mol. The normalized spacial score (nSPS) is 18.8. The van der Waals surface area contributed by atoms with Crippen molar-refractivity contribution in [2.75, 3.05) is 13.1 Å². The van der Waals surface area contributed by atoms with Crippen LogP contribution in [0.1, 0.15) is 75.5 Å². The minimum atomic E-state index is 0.124. The molecule has 0 aromatic carbocycles. The van der Waals surface area contributed by atoms with E-state index in [-0.39, 0.29) is 17.9 Å². The molecule has 1 unspecified atom stereocenters. The van der Waals surface area contributed by atoms with Crippen LogP contribution in [-0.2, 0) is 0 Å². The van der Waals surface area contributed by atoms with Gasteiger partial charge in [0.05, 0.1) is 17.1 Å². The van der Waals surface area contributed by atoms with Gasteiger partial charge in [-0.25, -0.2) is 9.67 Å². The Labute approximate surface area is 144 Å². The number of pyridine rings is 1. The number of aromatic nitrogens is 3. The molecule has 5 nitrogen and oxygen atoms in total. The Morgan fingerprint density at radius 2 is 2.04 bits per heavy atom. The van der Waals surface area contributed by atoms with Crippen LogP contribution in [0, 0.1) is 5.92 Å². The second kappa shape index (κ2) is 6.54. The number of carbonyl (C=O) groups excluding carboxylic acids is 1. The van der Waals surface area contributed by atoms with Crippen LogP contribution < -0.4 is 0 Å². The Hall–Kier alpha value is -1.91. The molecule has 0 aliphatic carbocycles. The molecule has 130 valence electrons. The predicted molar refractivity (Wildman–Crippen MR) is 96.3 cm³/mol. The molecular weight excluding hydrogens is 300 g/mol. The Balaban J connectivity index is 2.10. The standard InChI is InChI=1S/C19H28N4O/c1-12(2)17-9-15(19(24)22-8-6-7-14(5)11-22)16-10-20-23(13(3)4)18(16)21-17/h9-10,12-14H,6-8,11H2,1-5H3. The van der Waals surface area contributed by atoms with Gasteiger partial charge >= 0.3 is 0 Å². The Morgan fingerprint density at radius 1 is 1.29 bits per heavy atom. The predicted octanol–water partition coefficient (Wildman–Crippen LogP) is 4.01. The van der Waals surface area contributed by atoms with Gasteiger partial charge in [-0.3, -0.25) is 4.79 Å². The summed E-state index contributed by atoms with van der Waals surface area (Å²) < 4.78 is 1.91. The van der Waals surface area contributed by atoms with Gasteiger partial charge in [-0.1, -0.05) is 20.8 Å². The molecule has 1 saturated heterocycles. The van der Waals surface area contributed by atoms with E-state index in [0.29, 0.717) is 5.92 Å². The van der Waals surface area contributed by atoms with E-state index in [0.717, 1.165) is 41.8 Å². The maximum atomic E-state index is 13.2. The molecule has 0 saturated carbocycles. The number of carbonyl (C=O) groups is 1. The summed E-state index contributed by atoms with van der Waals surface area (Å²) in [5, 5.41) is 5.35. The van der Waals surface area contributed by atoms with Crippen LogP contribution in [-0.4, -0.2) is 38.7 Å². The molecule has 1 amide bonds. The number of fused-ring (bicyclic) bond motifs is 1. The summed E-state index contributed by atoms with van der Waals surface area (Å²) in [5.74, 6) is 0.971. The summed E-state index contributed by atoms with van der Waals surface area (Å²) in [4.78, 5) is 20.0. The summed E-state index contributed by atoms with van der Waals surface area (Å²) in [6.45, 7) is 12.3. The van der Waals surface area contributed by atoms with E-state index >= 15 is 0 Å². The number of likely N-dealkylation sites (tertiary alicyclic amines) is 1. The first kappa shape index (κ1) is 16.9. The van der Waals surface area contributed by atoms with Crippen molar-refractivity contribution in [3.8, 4) is 0 Å². The lowest BCUT2D eigenvalue weighted by molar-refractivity contribution is 0.0685. The van der Waals surface area contributed by atoms with Crippen LogP contribution in [0.25, 0.3) is 11.0 Å². The maximum Gasteiger partial charge on any atom is 0.254 e. The van der Waals surface area contributed by atoms with Crippen molar-refractivity contribution in [1.29, 1.82) is 0 Å². The summed E-state index contributed by atoms with van der Waals surface area (Å²) in [6.07, 6.45) is 4.09. The van der Waals surface area contributed by atoms with E-state index in [2.05, 4.69) is 39.7 Å². The van der Waals surface area contributed by atoms with Crippen molar-refractivity contribution in [3.05, 3.63) is 23.5 Å². The second-order valence-electron chi connectivity index (χ2n) is 7.67. The fourth-order valence-electron chi connectivity index (χ4n) is 3.43. The average molecular weight is 328 g/mol. The van der Waals surface area contributed by atoms with Crippen molar-refractivity contribution >= 4 is 16.9 Å². The maximum absolute atomic E-state index is 13.2. The number of rotatable bonds is 3. The van der Waals surface area contributed by atoms with Gasteiger partial charge in [-0.15, -0.1) is 0 Å². The van der Waals surface area contributed by atoms with Crippen molar-refractivity contribution < 1.29 is 4.79 Å². The molecule has 0 spiro atoms. The zero-order valence-electron chi connectivity index (χ0n) is 15.4. The van der Waals surface area contributed by atoms with Crippen molar-refractivity contribution in [1.82, 2.24) is 19.7 Å². The van der Waals surface area contributed by atoms with Crippen molar-refractivity contribution in [2.24, 2.45) is 5.92 Å².